The van der Waals surface area contributed by atoms with Gasteiger partial charge in [-0.05, 0) is 275 Å². The zero-order chi connectivity index (χ0) is 102. The average molecular weight is 2220 g/mol. The van der Waals surface area contributed by atoms with Crippen LogP contribution in [-0.4, -0.2) is 181 Å². The molecule has 3 N–H and O–H groups in total. The molecular formula is C121H141ClFI2N9O12. The Labute approximate surface area is 892 Å². The number of non-ortho nitro benzene ring substituents is 1. The molecule has 13 aromatic rings. The van der Waals surface area contributed by atoms with Crippen LogP contribution in [-0.2, 0) is 46.7 Å². The highest BCUT2D eigenvalue weighted by atomic mass is 127. The van der Waals surface area contributed by atoms with Gasteiger partial charge in [-0.3, -0.25) is 24.3 Å². The molecule has 25 heteroatoms. The number of likely N-dealkylation sites (tertiary alicyclic amines) is 3. The number of carbonyl (C=O) groups excluding carboxylic acids is 4. The maximum absolute atomic E-state index is 13.8. The SMILES string of the molecule is C.C.CCCCc1oc2ccccc2c1C(=O)c1cc(I)c(OCCN(CC)CC)c(I)c1.CN(C)C(=O)C(CCN1CCC(O)(c2ccc(Cl)cc2)CC1)(c1ccccc1)c1ccccc1.COC(=O)C1=C(C)NC(C)=C(C(=O)OCCCN2CCC(c3ccccc3)(c3ccccc3)CC2)C1c1cccc([N+](=O)[O-])c1.Cc1ccc(C(CCCN2CCC(n3c(=O)[nH]c4ccccc43)CC2)c2ccc(F)cc2)cc1. The third kappa shape index (κ3) is 27.6. The first-order chi connectivity index (χ1) is 69.7. The van der Waals surface area contributed by atoms with Crippen LogP contribution in [0.25, 0.3) is 22.0 Å². The number of piperidine rings is 3. The summed E-state index contributed by atoms with van der Waals surface area (Å²) in [5.74, 6) is -0.256. The minimum atomic E-state index is -0.878. The summed E-state index contributed by atoms with van der Waals surface area (Å²) in [6.07, 6.45) is 11.5. The number of halogens is 4. The molecule has 17 rings (SSSR count). The van der Waals surface area contributed by atoms with Crippen LogP contribution in [0, 0.1) is 30.0 Å². The van der Waals surface area contributed by atoms with E-state index in [0.29, 0.717) is 65.4 Å². The number of benzene rings is 11. The number of amides is 1. The number of hydrogen-bond acceptors (Lipinski definition) is 17. The molecule has 3 saturated heterocycles. The number of aromatic nitrogens is 2. The van der Waals surface area contributed by atoms with E-state index >= 15 is 0 Å². The summed E-state index contributed by atoms with van der Waals surface area (Å²) in [6.45, 7) is 23.8. The van der Waals surface area contributed by atoms with E-state index in [1.165, 1.54) is 47.1 Å². The van der Waals surface area contributed by atoms with Crippen molar-refractivity contribution in [1.29, 1.82) is 0 Å². The number of rotatable bonds is 35. The van der Waals surface area contributed by atoms with Crippen molar-refractivity contribution in [2.75, 3.05) is 113 Å². The van der Waals surface area contributed by atoms with Gasteiger partial charge in [0.1, 0.15) is 34.9 Å². The molecule has 11 aromatic carbocycles. The number of ether oxygens (including phenoxy) is 3. The monoisotopic (exact) mass is 2220 g/mol. The highest BCUT2D eigenvalue weighted by molar-refractivity contribution is 14.1. The summed E-state index contributed by atoms with van der Waals surface area (Å²) < 4.78 is 40.4. The zero-order valence-corrected chi connectivity index (χ0v) is 89.0. The molecule has 0 spiro atoms. The van der Waals surface area contributed by atoms with E-state index in [1.54, 1.807) is 43.0 Å². The van der Waals surface area contributed by atoms with E-state index in [9.17, 15) is 43.6 Å². The Kier molecular flexibility index (Phi) is 41.6. The number of fused-ring (bicyclic) bond motifs is 2. The lowest BCUT2D eigenvalue weighted by molar-refractivity contribution is -0.384. The number of unbranched alkanes of at least 4 members (excludes halogenated alkanes) is 1. The van der Waals surface area contributed by atoms with Gasteiger partial charge in [0, 0.05) is 117 Å². The quantitative estimate of drug-likeness (QED) is 0.00835. The molecule has 0 saturated carbocycles. The predicted molar refractivity (Wildman–Crippen MR) is 602 cm³/mol. The predicted octanol–water partition coefficient (Wildman–Crippen LogP) is 25.3. The second-order valence-electron chi connectivity index (χ2n) is 38.1. The number of dihydropyridines is 1. The fraction of sp³-hybridized carbons (Fsp3) is 0.364. The number of nitro benzene ring substituents is 1. The average Bonchev–Trinajstić information content (AvgIpc) is 1.18. The molecule has 2 unspecified atom stereocenters. The largest absolute Gasteiger partial charge is 0.490 e. The van der Waals surface area contributed by atoms with Crippen LogP contribution in [0.2, 0.25) is 5.02 Å². The Balaban J connectivity index is 0.000000174. The normalized spacial score (nSPS) is 15.6. The molecule has 4 aliphatic heterocycles. The maximum Gasteiger partial charge on any atom is 0.336 e. The molecule has 0 radical (unpaired) electrons. The highest BCUT2D eigenvalue weighted by Gasteiger charge is 2.45. The summed E-state index contributed by atoms with van der Waals surface area (Å²) in [7, 11) is 4.92. The van der Waals surface area contributed by atoms with Crippen LogP contribution in [0.15, 0.2) is 311 Å². The Morgan fingerprint density at radius 1 is 0.616 bits per heavy atom. The molecule has 3 fully saturated rings. The fourth-order valence-electron chi connectivity index (χ4n) is 20.9. The first-order valence-electron chi connectivity index (χ1n) is 50.4. The number of esters is 2. The Bertz CT molecular complexity index is 6440. The van der Waals surface area contributed by atoms with Gasteiger partial charge in [-0.2, -0.15) is 0 Å². The van der Waals surface area contributed by atoms with Crippen LogP contribution in [0.1, 0.15) is 216 Å². The fourth-order valence-corrected chi connectivity index (χ4v) is 23.1. The van der Waals surface area contributed by atoms with Gasteiger partial charge in [-0.15, -0.1) is 0 Å². The van der Waals surface area contributed by atoms with E-state index < -0.39 is 33.8 Å². The number of aromatic amines is 1. The number of aliphatic hydroxyl groups is 1. The van der Waals surface area contributed by atoms with E-state index in [4.69, 9.17) is 30.2 Å². The van der Waals surface area contributed by atoms with Crippen LogP contribution >= 0.6 is 56.8 Å². The molecule has 0 bridgehead atoms. The van der Waals surface area contributed by atoms with Crippen LogP contribution in [0.4, 0.5) is 10.1 Å². The second-order valence-corrected chi connectivity index (χ2v) is 40.9. The third-order valence-corrected chi connectivity index (χ3v) is 30.8. The van der Waals surface area contributed by atoms with Gasteiger partial charge >= 0.3 is 17.6 Å². The number of H-pyrrole nitrogens is 1. The van der Waals surface area contributed by atoms with Gasteiger partial charge in [0.15, 0.2) is 5.78 Å². The lowest BCUT2D eigenvalue weighted by Crippen LogP contribution is -2.48. The van der Waals surface area contributed by atoms with Crippen molar-refractivity contribution in [3.8, 4) is 5.75 Å². The van der Waals surface area contributed by atoms with Crippen LogP contribution < -0.4 is 15.7 Å². The number of hydrogen-bond donors (Lipinski definition) is 3. The minimum Gasteiger partial charge on any atom is -0.490 e. The molecule has 1 amide bonds. The number of nitrogens with zero attached hydrogens (tertiary/aromatic N) is 7. The minimum absolute atomic E-state index is 0. The number of ketones is 1. The van der Waals surface area contributed by atoms with Crippen molar-refractivity contribution in [2.24, 2.45) is 0 Å². The van der Waals surface area contributed by atoms with Crippen molar-refractivity contribution in [2.45, 2.75) is 174 Å². The van der Waals surface area contributed by atoms with Gasteiger partial charge in [0.25, 0.3) is 5.69 Å². The number of nitro groups is 1. The van der Waals surface area contributed by atoms with E-state index in [1.807, 2.05) is 152 Å². The van der Waals surface area contributed by atoms with E-state index in [2.05, 4.69) is 212 Å². The number of nitrogens with one attached hydrogen (secondary N) is 2. The summed E-state index contributed by atoms with van der Waals surface area (Å²) in [6, 6.07) is 90.7. The number of allylic oxidation sites excluding steroid dienone is 2. The Morgan fingerprint density at radius 2 is 1.15 bits per heavy atom. The van der Waals surface area contributed by atoms with Crippen LogP contribution in [0.3, 0.4) is 0 Å². The van der Waals surface area contributed by atoms with E-state index in [0.717, 1.165) is 194 Å². The van der Waals surface area contributed by atoms with Crippen molar-refractivity contribution in [1.82, 2.24) is 39.4 Å². The number of para-hydroxylation sites is 3. The highest BCUT2D eigenvalue weighted by Crippen LogP contribution is 2.46. The smallest absolute Gasteiger partial charge is 0.336 e. The number of aryl methyl sites for hydroxylation is 2. The molecule has 4 aliphatic rings. The lowest BCUT2D eigenvalue weighted by atomic mass is 9.68. The Morgan fingerprint density at radius 3 is 1.73 bits per heavy atom. The summed E-state index contributed by atoms with van der Waals surface area (Å²) in [5.41, 5.74) is 13.5. The maximum atomic E-state index is 13.8. The van der Waals surface area contributed by atoms with Crippen molar-refractivity contribution in [3.63, 3.8) is 0 Å². The van der Waals surface area contributed by atoms with Gasteiger partial charge in [0.05, 0.1) is 65.0 Å². The Hall–Kier alpha value is -11.7. The van der Waals surface area contributed by atoms with Crippen LogP contribution in [0.5, 0.6) is 5.75 Å². The van der Waals surface area contributed by atoms with Gasteiger partial charge < -0.3 is 58.5 Å². The van der Waals surface area contributed by atoms with Crippen molar-refractivity contribution in [3.05, 3.63) is 407 Å². The topological polar surface area (TPSA) is 238 Å². The number of methoxy groups -OCH3 is 1. The third-order valence-electron chi connectivity index (χ3n) is 28.9. The van der Waals surface area contributed by atoms with Gasteiger partial charge in [-0.25, -0.2) is 18.8 Å². The second kappa shape index (κ2) is 53.8. The number of furan rings is 1. The molecule has 6 heterocycles. The van der Waals surface area contributed by atoms with Crippen molar-refractivity contribution >= 4 is 108 Å². The van der Waals surface area contributed by atoms with Gasteiger partial charge in [-0.1, -0.05) is 272 Å². The molecule has 0 aliphatic carbocycles. The molecule has 146 heavy (non-hydrogen) atoms. The van der Waals surface area contributed by atoms with Crippen molar-refractivity contribution < 1.29 is 52.2 Å². The van der Waals surface area contributed by atoms with Gasteiger partial charge in [0.2, 0.25) is 5.91 Å². The summed E-state index contributed by atoms with van der Waals surface area (Å²) >= 11 is 10.6. The van der Waals surface area contributed by atoms with E-state index in [-0.39, 0.29) is 78.9 Å². The molecule has 770 valence electrons. The molecule has 2 atom stereocenters. The summed E-state index contributed by atoms with van der Waals surface area (Å²) in [5, 5.41) is 27.5. The number of imidazole rings is 1. The first-order valence-corrected chi connectivity index (χ1v) is 52.9. The first kappa shape index (κ1) is 113. The summed E-state index contributed by atoms with van der Waals surface area (Å²) in [4.78, 5) is 91.8. The number of likely N-dealkylation sites (N-methyl/N-ethyl adjacent to an activating group) is 2. The molecule has 2 aromatic heterocycles. The standard InChI is InChI=1S/C36H39N3O6.C29H33ClN2O2.C29H32FN3O.C25H29I2NO3.2CH4/c1-25-31(34(40)44-3)33(27-12-10-17-30(24-27)39(42)43)32(26(2)37-25)35(41)45-23-11-20-38-21-18-36(19-22-38,28-13-6-4-7-14-28)29-15-8-5-9-16-29;1-31(2)27(33)29(24-9-5-3-6-10-24,25-11-7-4-8-12-25)19-22-32-20-17-28(34,18-21-32)23-13-15-26(30)16-14-23;1-21-8-10-22(11-9-21)26(23-12-14-24(30)15-13-23)5-4-18-32-19-16-25(17-20-32)33-28-7-3-2-6-27(28)31-29(33)34;1-4-7-11-22-23(18-10-8-9-12-21(18)31-22)24(29)17-15-19(26)25(20(27)16-17)30-14-13-28(5-2)6-3;;/h4-10,12-17,24,33,37H,11,18-23H2,1-3H3;3-16,34H,17-22H2,1-2H3;2-3,6-15,25-26H,4-5,16-20H2,1H3,(H,31,34);8-10,12,15-16H,4-7,11,13-14H2,1-3H3;2*1H4. The lowest BCUT2D eigenvalue weighted by Gasteiger charge is -2.43. The molecule has 21 nitrogen and oxygen atoms in total. The number of carbonyl (C=O) groups is 4. The molecular weight excluding hydrogens is 2080 g/mol. The zero-order valence-electron chi connectivity index (χ0n) is 84.0.